The van der Waals surface area contributed by atoms with Gasteiger partial charge >= 0.3 is 12.0 Å². The highest BCUT2D eigenvalue weighted by molar-refractivity contribution is 9.10. The Bertz CT molecular complexity index is 423. The van der Waals surface area contributed by atoms with Crippen LogP contribution >= 0.6 is 15.9 Å². The molecule has 5 nitrogen and oxygen atoms in total. The fourth-order valence-corrected chi connectivity index (χ4v) is 1.63. The molecule has 0 aliphatic rings. The molecule has 0 saturated carbocycles. The summed E-state index contributed by atoms with van der Waals surface area (Å²) < 4.78 is 0.834. The van der Waals surface area contributed by atoms with Crippen molar-refractivity contribution in [3.05, 3.63) is 28.7 Å². The first-order chi connectivity index (χ1) is 8.02. The minimum absolute atomic E-state index is 0.335. The van der Waals surface area contributed by atoms with Gasteiger partial charge in [0.25, 0.3) is 0 Å². The van der Waals surface area contributed by atoms with Gasteiger partial charge in [0.2, 0.25) is 0 Å². The molecule has 0 heterocycles. The molecule has 0 spiro atoms. The minimum Gasteiger partial charge on any atom is -0.480 e. The monoisotopic (exact) mass is 300 g/mol. The Morgan fingerprint density at radius 1 is 1.47 bits per heavy atom. The van der Waals surface area contributed by atoms with Gasteiger partial charge < -0.3 is 15.7 Å². The Morgan fingerprint density at radius 3 is 2.71 bits per heavy atom. The second-order valence-electron chi connectivity index (χ2n) is 3.41. The van der Waals surface area contributed by atoms with Gasteiger partial charge in [-0.1, -0.05) is 28.9 Å². The number of carboxylic acid groups (broad SMARTS) is 1. The van der Waals surface area contributed by atoms with Gasteiger partial charge in [-0.05, 0) is 24.6 Å². The number of hydrogen-bond acceptors (Lipinski definition) is 2. The van der Waals surface area contributed by atoms with E-state index in [1.54, 1.807) is 25.1 Å². The molecule has 0 aliphatic heterocycles. The van der Waals surface area contributed by atoms with E-state index in [0.29, 0.717) is 12.1 Å². The highest BCUT2D eigenvalue weighted by atomic mass is 79.9. The topological polar surface area (TPSA) is 78.4 Å². The second-order valence-corrected chi connectivity index (χ2v) is 4.32. The van der Waals surface area contributed by atoms with E-state index >= 15 is 0 Å². The lowest BCUT2D eigenvalue weighted by Gasteiger charge is -2.13. The van der Waals surface area contributed by atoms with E-state index in [9.17, 15) is 9.59 Å². The van der Waals surface area contributed by atoms with E-state index in [0.717, 1.165) is 4.47 Å². The number of nitrogens with one attached hydrogen (secondary N) is 2. The van der Waals surface area contributed by atoms with Crippen LogP contribution in [-0.2, 0) is 4.79 Å². The maximum Gasteiger partial charge on any atom is 0.326 e. The van der Waals surface area contributed by atoms with Crippen molar-refractivity contribution in [2.45, 2.75) is 19.4 Å². The van der Waals surface area contributed by atoms with E-state index < -0.39 is 18.0 Å². The number of aliphatic carboxylic acids is 1. The normalized spacial score (nSPS) is 11.6. The molecule has 0 aromatic heterocycles. The average molecular weight is 301 g/mol. The first-order valence-electron chi connectivity index (χ1n) is 5.08. The van der Waals surface area contributed by atoms with E-state index in [1.807, 2.05) is 6.07 Å². The van der Waals surface area contributed by atoms with Crippen molar-refractivity contribution in [3.8, 4) is 0 Å². The molecule has 0 radical (unpaired) electrons. The highest BCUT2D eigenvalue weighted by Gasteiger charge is 2.17. The van der Waals surface area contributed by atoms with E-state index in [-0.39, 0.29) is 0 Å². The van der Waals surface area contributed by atoms with Gasteiger partial charge in [-0.25, -0.2) is 9.59 Å². The summed E-state index contributed by atoms with van der Waals surface area (Å²) in [4.78, 5) is 22.2. The SMILES string of the molecule is CC[C@@H](NC(=O)Nc1cccc(Br)c1)C(=O)O. The minimum atomic E-state index is -1.04. The van der Waals surface area contributed by atoms with Crippen molar-refractivity contribution in [1.82, 2.24) is 5.32 Å². The molecule has 6 heteroatoms. The van der Waals surface area contributed by atoms with Crippen LogP contribution in [0.4, 0.5) is 10.5 Å². The predicted octanol–water partition coefficient (Wildman–Crippen LogP) is 2.43. The molecule has 1 aromatic carbocycles. The van der Waals surface area contributed by atoms with Gasteiger partial charge in [-0.2, -0.15) is 0 Å². The third-order valence-corrected chi connectivity index (χ3v) is 2.59. The maximum absolute atomic E-state index is 11.5. The van der Waals surface area contributed by atoms with Crippen LogP contribution in [0.3, 0.4) is 0 Å². The van der Waals surface area contributed by atoms with Crippen LogP contribution in [0.5, 0.6) is 0 Å². The molecule has 3 N–H and O–H groups in total. The molecule has 0 bridgehead atoms. The molecule has 0 fully saturated rings. The lowest BCUT2D eigenvalue weighted by Crippen LogP contribution is -2.42. The smallest absolute Gasteiger partial charge is 0.326 e. The van der Waals surface area contributed by atoms with Crippen molar-refractivity contribution in [2.75, 3.05) is 5.32 Å². The summed E-state index contributed by atoms with van der Waals surface area (Å²) in [5.74, 6) is -1.04. The van der Waals surface area contributed by atoms with Gasteiger partial charge in [0.15, 0.2) is 0 Å². The summed E-state index contributed by atoms with van der Waals surface area (Å²) in [5, 5.41) is 13.7. The van der Waals surface area contributed by atoms with Crippen LogP contribution in [0.1, 0.15) is 13.3 Å². The molecule has 17 heavy (non-hydrogen) atoms. The quantitative estimate of drug-likeness (QED) is 0.799. The number of amides is 2. The van der Waals surface area contributed by atoms with Crippen molar-refractivity contribution in [2.24, 2.45) is 0 Å². The summed E-state index contributed by atoms with van der Waals surface area (Å²) in [5.41, 5.74) is 0.595. The van der Waals surface area contributed by atoms with Gasteiger partial charge in [0, 0.05) is 10.2 Å². The van der Waals surface area contributed by atoms with Crippen LogP contribution in [0.25, 0.3) is 0 Å². The Morgan fingerprint density at radius 2 is 2.18 bits per heavy atom. The molecule has 0 aliphatic carbocycles. The zero-order chi connectivity index (χ0) is 12.8. The summed E-state index contributed by atoms with van der Waals surface area (Å²) in [6.07, 6.45) is 0.335. The van der Waals surface area contributed by atoms with E-state index in [1.165, 1.54) is 0 Å². The number of halogens is 1. The number of benzene rings is 1. The molecule has 1 rings (SSSR count). The van der Waals surface area contributed by atoms with E-state index in [4.69, 9.17) is 5.11 Å². The number of rotatable bonds is 4. The molecule has 2 amide bonds. The third kappa shape index (κ3) is 4.44. The Hall–Kier alpha value is -1.56. The zero-order valence-corrected chi connectivity index (χ0v) is 10.8. The van der Waals surface area contributed by atoms with Gasteiger partial charge in [-0.15, -0.1) is 0 Å². The predicted molar refractivity (Wildman–Crippen MR) is 68.0 cm³/mol. The largest absolute Gasteiger partial charge is 0.480 e. The van der Waals surface area contributed by atoms with Crippen LogP contribution in [0.2, 0.25) is 0 Å². The van der Waals surface area contributed by atoms with E-state index in [2.05, 4.69) is 26.6 Å². The maximum atomic E-state index is 11.5. The number of anilines is 1. The summed E-state index contributed by atoms with van der Waals surface area (Å²) >= 11 is 3.27. The number of urea groups is 1. The number of carbonyl (C=O) groups excluding carboxylic acids is 1. The Kier molecular flexibility index (Phi) is 4.96. The third-order valence-electron chi connectivity index (χ3n) is 2.09. The van der Waals surface area contributed by atoms with Crippen molar-refractivity contribution >= 4 is 33.6 Å². The molecule has 0 saturated heterocycles. The molecule has 1 atom stereocenters. The molecular weight excluding hydrogens is 288 g/mol. The Balaban J connectivity index is 2.58. The zero-order valence-electron chi connectivity index (χ0n) is 9.24. The number of carboxylic acids is 1. The van der Waals surface area contributed by atoms with Gasteiger partial charge in [-0.3, -0.25) is 0 Å². The Labute approximate surface area is 107 Å². The van der Waals surface area contributed by atoms with Gasteiger partial charge in [0.05, 0.1) is 0 Å². The van der Waals surface area contributed by atoms with Crippen molar-refractivity contribution < 1.29 is 14.7 Å². The lowest BCUT2D eigenvalue weighted by molar-refractivity contribution is -0.139. The van der Waals surface area contributed by atoms with Crippen LogP contribution in [0, 0.1) is 0 Å². The summed E-state index contributed by atoms with van der Waals surface area (Å²) in [7, 11) is 0. The molecule has 92 valence electrons. The fraction of sp³-hybridized carbons (Fsp3) is 0.273. The second kappa shape index (κ2) is 6.24. The van der Waals surface area contributed by atoms with Gasteiger partial charge in [0.1, 0.15) is 6.04 Å². The molecule has 0 unspecified atom stereocenters. The number of carbonyl (C=O) groups is 2. The molecule has 1 aromatic rings. The van der Waals surface area contributed by atoms with Crippen LogP contribution in [-0.4, -0.2) is 23.1 Å². The number of hydrogen-bond donors (Lipinski definition) is 3. The molecular formula is C11H13BrN2O3. The van der Waals surface area contributed by atoms with Crippen LogP contribution < -0.4 is 10.6 Å². The summed E-state index contributed by atoms with van der Waals surface area (Å²) in [6.45, 7) is 1.69. The first-order valence-corrected chi connectivity index (χ1v) is 5.88. The highest BCUT2D eigenvalue weighted by Crippen LogP contribution is 2.15. The van der Waals surface area contributed by atoms with Crippen molar-refractivity contribution in [3.63, 3.8) is 0 Å². The first kappa shape index (κ1) is 13.5. The van der Waals surface area contributed by atoms with Crippen molar-refractivity contribution in [1.29, 1.82) is 0 Å². The lowest BCUT2D eigenvalue weighted by atomic mass is 10.2. The average Bonchev–Trinajstić information content (AvgIpc) is 2.25. The fourth-order valence-electron chi connectivity index (χ4n) is 1.23. The standard InChI is InChI=1S/C11H13BrN2O3/c1-2-9(10(15)16)14-11(17)13-8-5-3-4-7(12)6-8/h3-6,9H,2H2,1H3,(H,15,16)(H2,13,14,17)/t9-/m1/s1. The van der Waals surface area contributed by atoms with Crippen LogP contribution in [0.15, 0.2) is 28.7 Å². The summed E-state index contributed by atoms with van der Waals surface area (Å²) in [6, 6.07) is 5.64.